The van der Waals surface area contributed by atoms with Crippen molar-refractivity contribution < 1.29 is 4.79 Å². The molecule has 1 aromatic carbocycles. The standard InChI is InChI=1S/C20H25N7O/c21-11-17(27-20(28)18-19(22)26-9-8-25-18)13-24-12-14-2-1-3-16(10-14)15-4-6-23-7-5-15/h1-3,8-11,13,15,23H,4-7,12,21H2,(H2,22,26)(H,27,28). The number of rotatable bonds is 6. The summed E-state index contributed by atoms with van der Waals surface area (Å²) in [5.74, 6) is 0.172. The van der Waals surface area contributed by atoms with Gasteiger partial charge in [0.1, 0.15) is 0 Å². The number of aliphatic imine (C=N–C) groups is 1. The first-order valence-corrected chi connectivity index (χ1v) is 9.26. The first-order chi connectivity index (χ1) is 13.7. The predicted octanol–water partition coefficient (Wildman–Crippen LogP) is 1.33. The predicted molar refractivity (Wildman–Crippen MR) is 110 cm³/mol. The normalized spacial score (nSPS) is 15.6. The lowest BCUT2D eigenvalue weighted by Gasteiger charge is -2.23. The Morgan fingerprint density at radius 3 is 2.82 bits per heavy atom. The molecule has 146 valence electrons. The highest BCUT2D eigenvalue weighted by Crippen LogP contribution is 2.25. The highest BCUT2D eigenvalue weighted by atomic mass is 16.1. The molecule has 3 rings (SSSR count). The maximum atomic E-state index is 12.2. The summed E-state index contributed by atoms with van der Waals surface area (Å²) in [6.07, 6.45) is 7.95. The zero-order valence-electron chi connectivity index (χ0n) is 15.6. The summed E-state index contributed by atoms with van der Waals surface area (Å²) in [4.78, 5) is 24.4. The molecule has 0 aliphatic carbocycles. The molecule has 0 atom stereocenters. The topological polar surface area (TPSA) is 131 Å². The Balaban J connectivity index is 1.60. The van der Waals surface area contributed by atoms with Gasteiger partial charge in [-0.15, -0.1) is 0 Å². The minimum Gasteiger partial charge on any atom is -0.403 e. The zero-order chi connectivity index (χ0) is 19.8. The number of anilines is 1. The second-order valence-corrected chi connectivity index (χ2v) is 6.61. The van der Waals surface area contributed by atoms with Crippen molar-refractivity contribution in [3.63, 3.8) is 0 Å². The third-order valence-electron chi connectivity index (χ3n) is 4.64. The second kappa shape index (κ2) is 9.61. The van der Waals surface area contributed by atoms with Crippen LogP contribution in [0.25, 0.3) is 0 Å². The molecule has 0 radical (unpaired) electrons. The molecule has 6 N–H and O–H groups in total. The van der Waals surface area contributed by atoms with E-state index in [0.29, 0.717) is 18.2 Å². The average molecular weight is 379 g/mol. The quantitative estimate of drug-likeness (QED) is 0.560. The lowest BCUT2D eigenvalue weighted by Crippen LogP contribution is -2.26. The monoisotopic (exact) mass is 379 g/mol. The van der Waals surface area contributed by atoms with Crippen LogP contribution in [0.5, 0.6) is 0 Å². The minimum atomic E-state index is -0.485. The van der Waals surface area contributed by atoms with Gasteiger partial charge in [-0.1, -0.05) is 24.3 Å². The molecule has 1 saturated heterocycles. The lowest BCUT2D eigenvalue weighted by atomic mass is 9.89. The molecule has 2 aromatic rings. The van der Waals surface area contributed by atoms with Crippen LogP contribution < -0.4 is 22.1 Å². The molecule has 2 heterocycles. The molecule has 8 nitrogen and oxygen atoms in total. The Hall–Kier alpha value is -3.26. The van der Waals surface area contributed by atoms with Gasteiger partial charge in [0.05, 0.1) is 12.2 Å². The van der Waals surface area contributed by atoms with E-state index in [4.69, 9.17) is 11.5 Å². The number of nitrogen functional groups attached to an aromatic ring is 1. The minimum absolute atomic E-state index is 0.0462. The molecule has 28 heavy (non-hydrogen) atoms. The maximum Gasteiger partial charge on any atom is 0.278 e. The van der Waals surface area contributed by atoms with Gasteiger partial charge in [0.15, 0.2) is 11.5 Å². The SMILES string of the molecule is NC=C(C=NCc1cccc(C2CCNCC2)c1)NC(=O)c1nccnc1N. The van der Waals surface area contributed by atoms with Crippen LogP contribution in [0.2, 0.25) is 0 Å². The van der Waals surface area contributed by atoms with Crippen LogP contribution >= 0.6 is 0 Å². The molecule has 0 unspecified atom stereocenters. The Morgan fingerprint density at radius 2 is 2.07 bits per heavy atom. The van der Waals surface area contributed by atoms with Crippen molar-refractivity contribution in [1.29, 1.82) is 0 Å². The van der Waals surface area contributed by atoms with Crippen molar-refractivity contribution in [3.05, 3.63) is 65.4 Å². The van der Waals surface area contributed by atoms with Crippen LogP contribution in [0.3, 0.4) is 0 Å². The fourth-order valence-electron chi connectivity index (χ4n) is 3.18. The van der Waals surface area contributed by atoms with Crippen molar-refractivity contribution >= 4 is 17.9 Å². The number of piperidine rings is 1. The third-order valence-corrected chi connectivity index (χ3v) is 4.64. The van der Waals surface area contributed by atoms with Crippen LogP contribution in [-0.4, -0.2) is 35.2 Å². The van der Waals surface area contributed by atoms with E-state index in [1.165, 1.54) is 30.4 Å². The van der Waals surface area contributed by atoms with Gasteiger partial charge in [0, 0.05) is 24.8 Å². The van der Waals surface area contributed by atoms with Gasteiger partial charge < -0.3 is 22.1 Å². The zero-order valence-corrected chi connectivity index (χ0v) is 15.6. The van der Waals surface area contributed by atoms with Gasteiger partial charge >= 0.3 is 0 Å². The maximum absolute atomic E-state index is 12.2. The Labute approximate surface area is 164 Å². The molecule has 1 aliphatic heterocycles. The van der Waals surface area contributed by atoms with Crippen LogP contribution in [0.4, 0.5) is 5.82 Å². The summed E-state index contributed by atoms with van der Waals surface area (Å²) in [5.41, 5.74) is 14.2. The molecule has 0 saturated carbocycles. The Kier molecular flexibility index (Phi) is 6.69. The van der Waals surface area contributed by atoms with Crippen LogP contribution in [0.1, 0.15) is 40.4 Å². The van der Waals surface area contributed by atoms with Crippen molar-refractivity contribution in [2.24, 2.45) is 10.7 Å². The summed E-state index contributed by atoms with van der Waals surface area (Å²) < 4.78 is 0. The largest absolute Gasteiger partial charge is 0.403 e. The molecule has 8 heteroatoms. The first-order valence-electron chi connectivity index (χ1n) is 9.26. The van der Waals surface area contributed by atoms with Crippen LogP contribution in [0, 0.1) is 0 Å². The molecule has 1 amide bonds. The van der Waals surface area contributed by atoms with Gasteiger partial charge in [0.25, 0.3) is 5.91 Å². The van der Waals surface area contributed by atoms with E-state index >= 15 is 0 Å². The summed E-state index contributed by atoms with van der Waals surface area (Å²) in [7, 11) is 0. The van der Waals surface area contributed by atoms with E-state index in [2.05, 4.69) is 43.8 Å². The highest BCUT2D eigenvalue weighted by molar-refractivity contribution is 6.00. The highest BCUT2D eigenvalue weighted by Gasteiger charge is 2.15. The second-order valence-electron chi connectivity index (χ2n) is 6.61. The summed E-state index contributed by atoms with van der Waals surface area (Å²) in [6.45, 7) is 2.63. The average Bonchev–Trinajstić information content (AvgIpc) is 2.74. The number of benzene rings is 1. The summed E-state index contributed by atoms with van der Waals surface area (Å²) in [5, 5.41) is 6.02. The van der Waals surface area contributed by atoms with Gasteiger partial charge in [-0.3, -0.25) is 9.79 Å². The fourth-order valence-corrected chi connectivity index (χ4v) is 3.18. The number of allylic oxidation sites excluding steroid dienone is 1. The number of nitrogens with one attached hydrogen (secondary N) is 2. The van der Waals surface area contributed by atoms with Gasteiger partial charge in [-0.2, -0.15) is 0 Å². The molecule has 1 fully saturated rings. The van der Waals surface area contributed by atoms with Crippen LogP contribution in [0.15, 0.2) is 53.5 Å². The number of hydrogen-bond donors (Lipinski definition) is 4. The van der Waals surface area contributed by atoms with E-state index in [9.17, 15) is 4.79 Å². The van der Waals surface area contributed by atoms with Crippen molar-refractivity contribution in [1.82, 2.24) is 20.6 Å². The molecule has 1 aromatic heterocycles. The number of aromatic nitrogens is 2. The fraction of sp³-hybridized carbons (Fsp3) is 0.300. The summed E-state index contributed by atoms with van der Waals surface area (Å²) >= 11 is 0. The molecular formula is C20H25N7O. The van der Waals surface area contributed by atoms with E-state index in [1.54, 1.807) is 0 Å². The summed E-state index contributed by atoms with van der Waals surface area (Å²) in [6, 6.07) is 8.51. The van der Waals surface area contributed by atoms with E-state index in [1.807, 2.05) is 6.07 Å². The molecular weight excluding hydrogens is 354 g/mol. The van der Waals surface area contributed by atoms with E-state index < -0.39 is 5.91 Å². The first kappa shape index (κ1) is 19.5. The van der Waals surface area contributed by atoms with E-state index in [-0.39, 0.29) is 11.5 Å². The van der Waals surface area contributed by atoms with Crippen molar-refractivity contribution in [3.8, 4) is 0 Å². The van der Waals surface area contributed by atoms with Crippen molar-refractivity contribution in [2.45, 2.75) is 25.3 Å². The smallest absolute Gasteiger partial charge is 0.278 e. The lowest BCUT2D eigenvalue weighted by molar-refractivity contribution is 0.0963. The van der Waals surface area contributed by atoms with Gasteiger partial charge in [-0.25, -0.2) is 9.97 Å². The van der Waals surface area contributed by atoms with E-state index in [0.717, 1.165) is 31.5 Å². The Morgan fingerprint density at radius 1 is 1.29 bits per heavy atom. The molecule has 0 spiro atoms. The van der Waals surface area contributed by atoms with Gasteiger partial charge in [-0.05, 0) is 43.0 Å². The number of carbonyl (C=O) groups excluding carboxylic acids is 1. The molecule has 1 aliphatic rings. The number of hydrogen-bond acceptors (Lipinski definition) is 7. The van der Waals surface area contributed by atoms with Crippen LogP contribution in [-0.2, 0) is 6.54 Å². The number of nitrogens with zero attached hydrogens (tertiary/aromatic N) is 3. The van der Waals surface area contributed by atoms with Gasteiger partial charge in [0.2, 0.25) is 0 Å². The number of carbonyl (C=O) groups is 1. The Bertz CT molecular complexity index is 872. The van der Waals surface area contributed by atoms with Crippen molar-refractivity contribution in [2.75, 3.05) is 18.8 Å². The number of nitrogens with two attached hydrogens (primary N) is 2. The number of amides is 1. The molecule has 0 bridgehead atoms. The third kappa shape index (κ3) is 5.14.